The summed E-state index contributed by atoms with van der Waals surface area (Å²) in [5.74, 6) is 0.868. The van der Waals surface area contributed by atoms with Crippen molar-refractivity contribution < 1.29 is 9.47 Å². The number of aromatic nitrogens is 4. The highest BCUT2D eigenvalue weighted by Crippen LogP contribution is 2.21. The number of aryl methyl sites for hydroxylation is 1. The fourth-order valence-electron chi connectivity index (χ4n) is 1.93. The van der Waals surface area contributed by atoms with E-state index in [0.29, 0.717) is 13.2 Å². The Labute approximate surface area is 112 Å². The van der Waals surface area contributed by atoms with Crippen LogP contribution in [0, 0.1) is 0 Å². The van der Waals surface area contributed by atoms with Crippen LogP contribution < -0.4 is 4.90 Å². The number of rotatable bonds is 7. The third-order valence-corrected chi connectivity index (χ3v) is 2.94. The van der Waals surface area contributed by atoms with Crippen molar-refractivity contribution in [2.45, 2.75) is 0 Å². The number of methoxy groups -OCH3 is 2. The molecule has 0 bridgehead atoms. The molecule has 0 saturated heterocycles. The fourth-order valence-corrected chi connectivity index (χ4v) is 1.93. The average molecular weight is 265 g/mol. The molecule has 2 heterocycles. The van der Waals surface area contributed by atoms with Crippen molar-refractivity contribution in [2.24, 2.45) is 7.05 Å². The van der Waals surface area contributed by atoms with Gasteiger partial charge >= 0.3 is 0 Å². The summed E-state index contributed by atoms with van der Waals surface area (Å²) in [6.07, 6.45) is 3.35. The second-order valence-corrected chi connectivity index (χ2v) is 4.18. The minimum atomic E-state index is 0.634. The van der Waals surface area contributed by atoms with Gasteiger partial charge in [-0.15, -0.1) is 0 Å². The van der Waals surface area contributed by atoms with Crippen LogP contribution in [0.2, 0.25) is 0 Å². The Balaban J connectivity index is 2.31. The summed E-state index contributed by atoms with van der Waals surface area (Å²) < 4.78 is 12.0. The lowest BCUT2D eigenvalue weighted by molar-refractivity contribution is 0.190. The lowest BCUT2D eigenvalue weighted by atomic mass is 10.3. The summed E-state index contributed by atoms with van der Waals surface area (Å²) in [6, 6.07) is 0. The maximum Gasteiger partial charge on any atom is 0.163 e. The summed E-state index contributed by atoms with van der Waals surface area (Å²) in [5, 5.41) is 5.17. The van der Waals surface area contributed by atoms with Gasteiger partial charge < -0.3 is 14.4 Å². The molecule has 0 N–H and O–H groups in total. The predicted octanol–water partition coefficient (Wildman–Crippen LogP) is 0.462. The average Bonchev–Trinajstić information content (AvgIpc) is 2.81. The number of hydrogen-bond acceptors (Lipinski definition) is 6. The Morgan fingerprint density at radius 2 is 1.84 bits per heavy atom. The van der Waals surface area contributed by atoms with E-state index >= 15 is 0 Å². The summed E-state index contributed by atoms with van der Waals surface area (Å²) in [7, 11) is 5.25. The molecular formula is C12H19N5O2. The van der Waals surface area contributed by atoms with Crippen LogP contribution in [0.3, 0.4) is 0 Å². The van der Waals surface area contributed by atoms with Gasteiger partial charge in [-0.3, -0.25) is 4.68 Å². The van der Waals surface area contributed by atoms with E-state index in [-0.39, 0.29) is 0 Å². The first-order valence-electron chi connectivity index (χ1n) is 6.13. The summed E-state index contributed by atoms with van der Waals surface area (Å²) >= 11 is 0. The standard InChI is InChI=1S/C12H19N5O2/c1-16-11-10(8-15-16)12(14-9-13-11)17(4-6-18-2)5-7-19-3/h8-9H,4-7H2,1-3H3. The van der Waals surface area contributed by atoms with E-state index in [9.17, 15) is 0 Å². The maximum atomic E-state index is 5.14. The molecule has 0 saturated carbocycles. The molecule has 7 nitrogen and oxygen atoms in total. The van der Waals surface area contributed by atoms with Crippen LogP contribution in [0.4, 0.5) is 5.82 Å². The first-order chi connectivity index (χ1) is 9.27. The van der Waals surface area contributed by atoms with Gasteiger partial charge in [0.25, 0.3) is 0 Å². The van der Waals surface area contributed by atoms with Crippen molar-refractivity contribution >= 4 is 16.9 Å². The molecule has 2 aromatic heterocycles. The molecule has 0 spiro atoms. The Kier molecular flexibility index (Phi) is 4.64. The molecule has 19 heavy (non-hydrogen) atoms. The lowest BCUT2D eigenvalue weighted by Crippen LogP contribution is -2.31. The van der Waals surface area contributed by atoms with Gasteiger partial charge in [-0.2, -0.15) is 5.10 Å². The fraction of sp³-hybridized carbons (Fsp3) is 0.583. The Bertz CT molecular complexity index is 520. The van der Waals surface area contributed by atoms with Crippen LogP contribution in [0.5, 0.6) is 0 Å². The normalized spacial score (nSPS) is 11.1. The molecule has 2 aromatic rings. The number of anilines is 1. The molecule has 0 fully saturated rings. The van der Waals surface area contributed by atoms with Crippen molar-refractivity contribution in [3.8, 4) is 0 Å². The van der Waals surface area contributed by atoms with E-state index in [1.807, 2.05) is 7.05 Å². The topological polar surface area (TPSA) is 65.3 Å². The first-order valence-corrected chi connectivity index (χ1v) is 6.13. The van der Waals surface area contributed by atoms with Crippen LogP contribution in [-0.4, -0.2) is 60.3 Å². The van der Waals surface area contributed by atoms with E-state index in [1.165, 1.54) is 0 Å². The van der Waals surface area contributed by atoms with Gasteiger partial charge in [0.05, 0.1) is 24.8 Å². The van der Waals surface area contributed by atoms with Gasteiger partial charge in [0.2, 0.25) is 0 Å². The Hall–Kier alpha value is -1.73. The summed E-state index contributed by atoms with van der Waals surface area (Å²) in [5.41, 5.74) is 0.824. The molecule has 0 aliphatic carbocycles. The van der Waals surface area contributed by atoms with Gasteiger partial charge in [-0.25, -0.2) is 9.97 Å². The molecule has 0 aromatic carbocycles. The van der Waals surface area contributed by atoms with Crippen molar-refractivity contribution in [1.29, 1.82) is 0 Å². The molecule has 0 radical (unpaired) electrons. The van der Waals surface area contributed by atoms with Crippen LogP contribution in [0.15, 0.2) is 12.5 Å². The van der Waals surface area contributed by atoms with E-state index < -0.39 is 0 Å². The number of hydrogen-bond donors (Lipinski definition) is 0. The molecule has 0 aliphatic heterocycles. The van der Waals surface area contributed by atoms with Crippen LogP contribution in [0.25, 0.3) is 11.0 Å². The highest BCUT2D eigenvalue weighted by molar-refractivity contribution is 5.86. The molecule has 7 heteroatoms. The zero-order chi connectivity index (χ0) is 13.7. The third-order valence-electron chi connectivity index (χ3n) is 2.94. The van der Waals surface area contributed by atoms with Gasteiger partial charge in [0.1, 0.15) is 12.1 Å². The number of nitrogens with zero attached hydrogens (tertiary/aromatic N) is 5. The minimum Gasteiger partial charge on any atom is -0.383 e. The van der Waals surface area contributed by atoms with Crippen molar-refractivity contribution in [1.82, 2.24) is 19.7 Å². The van der Waals surface area contributed by atoms with Crippen LogP contribution in [0.1, 0.15) is 0 Å². The second-order valence-electron chi connectivity index (χ2n) is 4.18. The molecule has 104 valence electrons. The van der Waals surface area contributed by atoms with E-state index in [4.69, 9.17) is 9.47 Å². The molecule has 0 unspecified atom stereocenters. The monoisotopic (exact) mass is 265 g/mol. The first kappa shape index (κ1) is 13.7. The highest BCUT2D eigenvalue weighted by Gasteiger charge is 2.14. The largest absolute Gasteiger partial charge is 0.383 e. The van der Waals surface area contributed by atoms with Gasteiger partial charge in [0.15, 0.2) is 5.65 Å². The molecule has 0 atom stereocenters. The third kappa shape index (κ3) is 2.99. The van der Waals surface area contributed by atoms with Crippen molar-refractivity contribution in [3.05, 3.63) is 12.5 Å². The number of ether oxygens (including phenoxy) is 2. The second kappa shape index (κ2) is 6.44. The lowest BCUT2D eigenvalue weighted by Gasteiger charge is -2.23. The molecule has 0 aliphatic rings. The summed E-state index contributed by atoms with van der Waals surface area (Å²) in [6.45, 7) is 2.77. The van der Waals surface area contributed by atoms with E-state index in [1.54, 1.807) is 31.4 Å². The van der Waals surface area contributed by atoms with Crippen LogP contribution in [-0.2, 0) is 16.5 Å². The quantitative estimate of drug-likeness (QED) is 0.724. The summed E-state index contributed by atoms with van der Waals surface area (Å²) in [4.78, 5) is 10.7. The zero-order valence-electron chi connectivity index (χ0n) is 11.5. The van der Waals surface area contributed by atoms with E-state index in [2.05, 4.69) is 20.0 Å². The molecule has 2 rings (SSSR count). The number of fused-ring (bicyclic) bond motifs is 1. The zero-order valence-corrected chi connectivity index (χ0v) is 11.5. The Morgan fingerprint density at radius 3 is 2.47 bits per heavy atom. The van der Waals surface area contributed by atoms with Crippen molar-refractivity contribution in [2.75, 3.05) is 45.4 Å². The Morgan fingerprint density at radius 1 is 1.16 bits per heavy atom. The van der Waals surface area contributed by atoms with Gasteiger partial charge in [0, 0.05) is 34.4 Å². The van der Waals surface area contributed by atoms with E-state index in [0.717, 1.165) is 29.9 Å². The van der Waals surface area contributed by atoms with Gasteiger partial charge in [-0.1, -0.05) is 0 Å². The molecular weight excluding hydrogens is 246 g/mol. The van der Waals surface area contributed by atoms with Crippen molar-refractivity contribution in [3.63, 3.8) is 0 Å². The van der Waals surface area contributed by atoms with Gasteiger partial charge in [-0.05, 0) is 0 Å². The minimum absolute atomic E-state index is 0.634. The maximum absolute atomic E-state index is 5.14. The highest BCUT2D eigenvalue weighted by atomic mass is 16.5. The van der Waals surface area contributed by atoms with Crippen LogP contribution >= 0.6 is 0 Å². The molecule has 0 amide bonds. The smallest absolute Gasteiger partial charge is 0.163 e. The SMILES string of the molecule is COCCN(CCOC)c1ncnc2c1cnn2C. The predicted molar refractivity (Wildman–Crippen MR) is 72.3 cm³/mol.